The third-order valence-corrected chi connectivity index (χ3v) is 34.3. The summed E-state index contributed by atoms with van der Waals surface area (Å²) in [5.41, 5.74) is 0. The Kier molecular flexibility index (Phi) is 53.9. The molecule has 0 aliphatic carbocycles. The minimum Gasteiger partial charge on any atom is -0.822 e. The maximum atomic E-state index is 8.55. The van der Waals surface area contributed by atoms with Crippen LogP contribution in [-0.4, -0.2) is 72.4 Å². The lowest BCUT2D eigenvalue weighted by atomic mass is 9.90. The van der Waals surface area contributed by atoms with Gasteiger partial charge in [-0.05, 0) is 135 Å². The zero-order chi connectivity index (χ0) is 55.2. The van der Waals surface area contributed by atoms with E-state index in [0.717, 1.165) is 15.5 Å². The van der Waals surface area contributed by atoms with Crippen LogP contribution in [0.25, 0.3) is 0 Å². The first-order valence-corrected chi connectivity index (χ1v) is 41.2. The molecule has 0 aromatic carbocycles. The summed E-state index contributed by atoms with van der Waals surface area (Å²) in [6, 6.07) is 0. The number of hydrogen-bond donors (Lipinski definition) is 0. The standard InChI is InChI=1S/3C21H46P.H3O4P/c3*1-7-12-17-21(16-11-5,18-13-8-2)22(6,19-14-9-3)20-15-10-4;1-5(2,3)4/h3*7-20H2,1-6H3;(H3,1,2,3,4)/q3*+1;/p-3. The Bertz CT molecular complexity index is 977. The smallest absolute Gasteiger partial charge is 0.0796 e. The van der Waals surface area contributed by atoms with Gasteiger partial charge >= 0.3 is 0 Å². The van der Waals surface area contributed by atoms with E-state index in [1.54, 1.807) is 37.0 Å². The summed E-state index contributed by atoms with van der Waals surface area (Å²) >= 11 is 0. The Hall–Kier alpha value is 1.40. The molecule has 71 heavy (non-hydrogen) atoms. The zero-order valence-corrected chi connectivity index (χ0v) is 56.2. The minimum absolute atomic E-state index is 0.720. The van der Waals surface area contributed by atoms with Gasteiger partial charge in [0.25, 0.3) is 0 Å². The van der Waals surface area contributed by atoms with Crippen molar-refractivity contribution in [1.29, 1.82) is 0 Å². The lowest BCUT2D eigenvalue weighted by Crippen LogP contribution is -2.35. The van der Waals surface area contributed by atoms with Crippen molar-refractivity contribution in [1.82, 2.24) is 0 Å². The van der Waals surface area contributed by atoms with Crippen LogP contribution in [0.15, 0.2) is 0 Å². The van der Waals surface area contributed by atoms with E-state index in [2.05, 4.69) is 124 Å². The summed E-state index contributed by atoms with van der Waals surface area (Å²) in [5, 5.41) is 2.16. The SMILES string of the molecule is CCCCC(CCC)(CCCC)[P+](C)(CCCC)CCCC.CCCCC(CCC)(CCCC)[P+](C)(CCCC)CCCC.CCCCC(CCC)(CCCC)[P+](C)(CCCC)CCCC.O=P([O-])([O-])[O-]. The van der Waals surface area contributed by atoms with Crippen molar-refractivity contribution in [2.24, 2.45) is 0 Å². The van der Waals surface area contributed by atoms with Gasteiger partial charge in [-0.25, -0.2) is 0 Å². The molecule has 0 N–H and O–H groups in total. The molecule has 0 spiro atoms. The predicted molar refractivity (Wildman–Crippen MR) is 335 cm³/mol. The number of hydrogen-bond acceptors (Lipinski definition) is 4. The van der Waals surface area contributed by atoms with Crippen LogP contribution in [0, 0.1) is 0 Å². The highest BCUT2D eigenvalue weighted by Gasteiger charge is 2.53. The fraction of sp³-hybridized carbons (Fsp3) is 1.00. The van der Waals surface area contributed by atoms with Crippen LogP contribution in [0.3, 0.4) is 0 Å². The molecule has 0 amide bonds. The van der Waals surface area contributed by atoms with E-state index in [1.165, 1.54) is 231 Å². The molecule has 4 nitrogen and oxygen atoms in total. The number of phosphoric acid groups is 1. The van der Waals surface area contributed by atoms with Gasteiger partial charge in [0.1, 0.15) is 0 Å². The Balaban J connectivity index is -0.000000451. The first-order valence-electron chi connectivity index (χ1n) is 31.9. The van der Waals surface area contributed by atoms with Crippen molar-refractivity contribution in [2.75, 3.05) is 57.0 Å². The molecule has 0 atom stereocenters. The van der Waals surface area contributed by atoms with Crippen LogP contribution in [0.2, 0.25) is 0 Å². The molecule has 0 radical (unpaired) electrons. The summed E-state index contributed by atoms with van der Waals surface area (Å²) in [4.78, 5) is 25.6. The molecule has 0 fully saturated rings. The second-order valence-electron chi connectivity index (χ2n) is 23.6. The normalized spacial score (nSPS) is 12.7. The zero-order valence-electron chi connectivity index (χ0n) is 52.6. The van der Waals surface area contributed by atoms with Gasteiger partial charge in [0.05, 0.1) is 52.4 Å². The quantitative estimate of drug-likeness (QED) is 0.0569. The molecule has 8 heteroatoms. The molecule has 0 unspecified atom stereocenters. The molecule has 0 aliphatic heterocycles. The van der Waals surface area contributed by atoms with Crippen LogP contribution < -0.4 is 14.7 Å². The molecule has 0 saturated carbocycles. The summed E-state index contributed by atoms with van der Waals surface area (Å²) < 4.78 is 8.55. The van der Waals surface area contributed by atoms with Crippen molar-refractivity contribution >= 4 is 29.6 Å². The highest BCUT2D eigenvalue weighted by molar-refractivity contribution is 7.77. The van der Waals surface area contributed by atoms with E-state index in [4.69, 9.17) is 19.2 Å². The van der Waals surface area contributed by atoms with Gasteiger partial charge < -0.3 is 19.2 Å². The maximum Gasteiger partial charge on any atom is 0.0796 e. The van der Waals surface area contributed by atoms with E-state index in [9.17, 15) is 0 Å². The maximum absolute atomic E-state index is 8.55. The fourth-order valence-corrected chi connectivity index (χ4v) is 28.9. The van der Waals surface area contributed by atoms with Gasteiger partial charge in [-0.15, -0.1) is 0 Å². The van der Waals surface area contributed by atoms with Crippen LogP contribution >= 0.6 is 29.6 Å². The first kappa shape index (κ1) is 78.9. The molecule has 0 aliphatic rings. The highest BCUT2D eigenvalue weighted by Crippen LogP contribution is 2.74. The second kappa shape index (κ2) is 48.5. The Morgan fingerprint density at radius 3 is 0.479 bits per heavy atom. The van der Waals surface area contributed by atoms with Gasteiger partial charge in [-0.2, -0.15) is 7.82 Å². The molecular formula is C63H138O4P4. The van der Waals surface area contributed by atoms with E-state index < -0.39 is 29.6 Å². The Labute approximate surface area is 454 Å². The van der Waals surface area contributed by atoms with Gasteiger partial charge in [-0.3, -0.25) is 0 Å². The van der Waals surface area contributed by atoms with Gasteiger partial charge in [-0.1, -0.05) is 200 Å². The summed E-state index contributed by atoms with van der Waals surface area (Å²) in [6.07, 6.45) is 61.3. The van der Waals surface area contributed by atoms with Crippen LogP contribution in [0.5, 0.6) is 0 Å². The fourth-order valence-electron chi connectivity index (χ4n) is 12.8. The van der Waals surface area contributed by atoms with E-state index >= 15 is 0 Å². The van der Waals surface area contributed by atoms with Gasteiger partial charge in [0.15, 0.2) is 0 Å². The summed E-state index contributed by atoms with van der Waals surface area (Å²) in [6.45, 7) is 44.2. The molecular weight excluding hydrogens is 945 g/mol. The third kappa shape index (κ3) is 34.1. The predicted octanol–water partition coefficient (Wildman–Crippen LogP) is 21.6. The molecule has 0 rings (SSSR count). The minimum atomic E-state index is -5.39. The highest BCUT2D eigenvalue weighted by atomic mass is 31.2. The lowest BCUT2D eigenvalue weighted by Gasteiger charge is -2.44. The summed E-state index contributed by atoms with van der Waals surface area (Å²) in [7, 11) is -7.85. The topological polar surface area (TPSA) is 86.2 Å². The molecule has 0 bridgehead atoms. The Morgan fingerprint density at radius 1 is 0.254 bits per heavy atom. The van der Waals surface area contributed by atoms with Crippen LogP contribution in [-0.2, 0) is 4.57 Å². The molecule has 0 aromatic heterocycles. The number of unbranched alkanes of at least 4 members (excludes halogenated alkanes) is 12. The van der Waals surface area contributed by atoms with Crippen molar-refractivity contribution in [2.45, 2.75) is 350 Å². The van der Waals surface area contributed by atoms with Crippen molar-refractivity contribution in [3.8, 4) is 0 Å². The van der Waals surface area contributed by atoms with Crippen molar-refractivity contribution in [3.63, 3.8) is 0 Å². The molecule has 0 aromatic rings. The summed E-state index contributed by atoms with van der Waals surface area (Å²) in [5.74, 6) is 0. The van der Waals surface area contributed by atoms with Crippen LogP contribution in [0.4, 0.5) is 0 Å². The van der Waals surface area contributed by atoms with Gasteiger partial charge in [0, 0.05) is 41.8 Å². The van der Waals surface area contributed by atoms with Gasteiger partial charge in [0.2, 0.25) is 0 Å². The second-order valence-corrected chi connectivity index (χ2v) is 38.4. The lowest BCUT2D eigenvalue weighted by molar-refractivity contribution is -0.432. The van der Waals surface area contributed by atoms with E-state index in [-0.39, 0.29) is 0 Å². The van der Waals surface area contributed by atoms with E-state index in [1.807, 2.05) is 0 Å². The largest absolute Gasteiger partial charge is 0.822 e. The monoisotopic (exact) mass is 1080 g/mol. The number of rotatable bonds is 45. The Morgan fingerprint density at radius 2 is 0.380 bits per heavy atom. The average Bonchev–Trinajstić information content (AvgIpc) is 3.34. The average molecular weight is 1080 g/mol. The van der Waals surface area contributed by atoms with Crippen molar-refractivity contribution < 1.29 is 19.2 Å². The van der Waals surface area contributed by atoms with Crippen molar-refractivity contribution in [3.05, 3.63) is 0 Å². The molecule has 0 heterocycles. The molecule has 0 saturated heterocycles. The first-order chi connectivity index (χ1) is 33.7. The third-order valence-electron chi connectivity index (χ3n) is 17.6. The van der Waals surface area contributed by atoms with E-state index in [0.29, 0.717) is 0 Å². The van der Waals surface area contributed by atoms with Crippen LogP contribution in [0.1, 0.15) is 335 Å². The molecule has 434 valence electrons.